The number of thiazole rings is 1. The molecule has 0 aliphatic heterocycles. The lowest BCUT2D eigenvalue weighted by Crippen LogP contribution is -1.92. The fourth-order valence-corrected chi connectivity index (χ4v) is 8.02. The normalized spacial score (nSPS) is 12.4. The summed E-state index contributed by atoms with van der Waals surface area (Å²) >= 11 is 3.60. The van der Waals surface area contributed by atoms with Crippen LogP contribution < -0.4 is 0 Å². The van der Waals surface area contributed by atoms with Gasteiger partial charge in [0.15, 0.2) is 5.13 Å². The number of rotatable bonds is 1. The third kappa shape index (κ3) is 2.34. The molecule has 5 heteroatoms. The zero-order chi connectivity index (χ0) is 23.4. The van der Waals surface area contributed by atoms with Crippen molar-refractivity contribution in [2.45, 2.75) is 0 Å². The maximum absolute atomic E-state index is 6.15. The lowest BCUT2D eigenvalue weighted by Gasteiger charge is -2.02. The Hall–Kier alpha value is -4.19. The number of furan rings is 1. The van der Waals surface area contributed by atoms with Gasteiger partial charge in [-0.25, -0.2) is 4.98 Å². The van der Waals surface area contributed by atoms with Crippen LogP contribution in [-0.2, 0) is 0 Å². The molecular weight excluding hydrogens is 480 g/mol. The van der Waals surface area contributed by atoms with Crippen LogP contribution in [-0.4, -0.2) is 9.55 Å². The summed E-state index contributed by atoms with van der Waals surface area (Å²) in [5.74, 6) is 0. The van der Waals surface area contributed by atoms with E-state index in [0.717, 1.165) is 32.6 Å². The topological polar surface area (TPSA) is 31.0 Å². The fraction of sp³-hybridized carbons (Fsp3) is 0. The van der Waals surface area contributed by atoms with Crippen molar-refractivity contribution in [1.82, 2.24) is 9.55 Å². The van der Waals surface area contributed by atoms with E-state index in [4.69, 9.17) is 9.40 Å². The van der Waals surface area contributed by atoms with Crippen molar-refractivity contribution < 1.29 is 4.42 Å². The Balaban J connectivity index is 1.45. The molecule has 36 heavy (non-hydrogen) atoms. The molecule has 9 aromatic rings. The molecule has 0 N–H and O–H groups in total. The molecule has 0 unspecified atom stereocenters. The first kappa shape index (κ1) is 19.1. The average Bonchev–Trinajstić information content (AvgIpc) is 3.66. The predicted octanol–water partition coefficient (Wildman–Crippen LogP) is 9.66. The highest BCUT2D eigenvalue weighted by Crippen LogP contribution is 2.45. The summed E-state index contributed by atoms with van der Waals surface area (Å²) in [6, 6.07) is 34.4. The average molecular weight is 497 g/mol. The molecule has 0 aliphatic carbocycles. The Kier molecular flexibility index (Phi) is 3.56. The van der Waals surface area contributed by atoms with Gasteiger partial charge in [0.05, 0.1) is 21.3 Å². The molecule has 4 heterocycles. The molecule has 5 aromatic carbocycles. The molecule has 9 rings (SSSR count). The van der Waals surface area contributed by atoms with E-state index in [2.05, 4.69) is 83.4 Å². The molecule has 0 aliphatic rings. The first-order valence-electron chi connectivity index (χ1n) is 11.9. The number of thiophene rings is 1. The Bertz CT molecular complexity index is 2330. The highest BCUT2D eigenvalue weighted by molar-refractivity contribution is 7.26. The third-order valence-electron chi connectivity index (χ3n) is 7.25. The minimum atomic E-state index is 0.910. The monoisotopic (exact) mass is 496 g/mol. The van der Waals surface area contributed by atoms with Gasteiger partial charge >= 0.3 is 0 Å². The van der Waals surface area contributed by atoms with E-state index in [1.807, 2.05) is 29.5 Å². The van der Waals surface area contributed by atoms with Crippen LogP contribution in [0.3, 0.4) is 0 Å². The van der Waals surface area contributed by atoms with Crippen LogP contribution in [0.2, 0.25) is 0 Å². The van der Waals surface area contributed by atoms with E-state index < -0.39 is 0 Å². The second-order valence-corrected chi connectivity index (χ2v) is 11.2. The molecule has 4 aromatic heterocycles. The van der Waals surface area contributed by atoms with Gasteiger partial charge in [0.1, 0.15) is 11.2 Å². The molecule has 0 saturated carbocycles. The van der Waals surface area contributed by atoms with Crippen molar-refractivity contribution in [2.24, 2.45) is 0 Å². The van der Waals surface area contributed by atoms with Crippen LogP contribution >= 0.6 is 22.7 Å². The highest BCUT2D eigenvalue weighted by atomic mass is 32.1. The molecule has 0 saturated heterocycles. The van der Waals surface area contributed by atoms with Gasteiger partial charge in [-0.2, -0.15) is 0 Å². The SMILES string of the molecule is c1ccc2c(c1)oc1ccc3nc(-n4c5ccccc5c5c6c(ccc54)sc4ccccc46)sc3c12. The maximum atomic E-state index is 6.15. The second kappa shape index (κ2) is 6.72. The predicted molar refractivity (Wildman–Crippen MR) is 154 cm³/mol. The van der Waals surface area contributed by atoms with Gasteiger partial charge in [-0.1, -0.05) is 65.9 Å². The van der Waals surface area contributed by atoms with E-state index in [1.54, 1.807) is 11.3 Å². The quantitative estimate of drug-likeness (QED) is 0.226. The minimum absolute atomic E-state index is 0.910. The van der Waals surface area contributed by atoms with E-state index in [-0.39, 0.29) is 0 Å². The Morgan fingerprint density at radius 1 is 0.556 bits per heavy atom. The van der Waals surface area contributed by atoms with Crippen molar-refractivity contribution in [3.63, 3.8) is 0 Å². The number of aromatic nitrogens is 2. The molecule has 0 fully saturated rings. The van der Waals surface area contributed by atoms with Gasteiger partial charge < -0.3 is 4.42 Å². The van der Waals surface area contributed by atoms with Crippen molar-refractivity contribution in [3.05, 3.63) is 97.1 Å². The van der Waals surface area contributed by atoms with Crippen molar-refractivity contribution in [3.8, 4) is 5.13 Å². The summed E-state index contributed by atoms with van der Waals surface area (Å²) in [4.78, 5) is 5.16. The molecular formula is C31H16N2OS2. The number of para-hydroxylation sites is 2. The van der Waals surface area contributed by atoms with Crippen LogP contribution in [0.1, 0.15) is 0 Å². The van der Waals surface area contributed by atoms with Gasteiger partial charge in [-0.15, -0.1) is 11.3 Å². The number of nitrogens with zero attached hydrogens (tertiary/aromatic N) is 2. The first-order valence-corrected chi connectivity index (χ1v) is 13.5. The van der Waals surface area contributed by atoms with Crippen LogP contribution in [0, 0.1) is 0 Å². The summed E-state index contributed by atoms with van der Waals surface area (Å²) in [7, 11) is 0. The molecule has 0 bridgehead atoms. The Morgan fingerprint density at radius 3 is 2.31 bits per heavy atom. The molecule has 0 amide bonds. The maximum Gasteiger partial charge on any atom is 0.195 e. The van der Waals surface area contributed by atoms with Gasteiger partial charge in [-0.3, -0.25) is 4.57 Å². The van der Waals surface area contributed by atoms with Crippen LogP contribution in [0.5, 0.6) is 0 Å². The number of hydrogen-bond acceptors (Lipinski definition) is 4. The van der Waals surface area contributed by atoms with Crippen molar-refractivity contribution >= 4 is 96.8 Å². The van der Waals surface area contributed by atoms with Crippen molar-refractivity contribution in [1.29, 1.82) is 0 Å². The summed E-state index contributed by atoms with van der Waals surface area (Å²) in [5, 5.41) is 8.50. The minimum Gasteiger partial charge on any atom is -0.456 e. The van der Waals surface area contributed by atoms with Crippen LogP contribution in [0.25, 0.3) is 79.3 Å². The van der Waals surface area contributed by atoms with Gasteiger partial charge in [-0.05, 0) is 42.5 Å². The second-order valence-electron chi connectivity index (χ2n) is 9.17. The molecule has 0 atom stereocenters. The molecule has 0 radical (unpaired) electrons. The van der Waals surface area contributed by atoms with Gasteiger partial charge in [0.2, 0.25) is 0 Å². The lowest BCUT2D eigenvalue weighted by atomic mass is 10.1. The summed E-state index contributed by atoms with van der Waals surface area (Å²) in [6.07, 6.45) is 0. The van der Waals surface area contributed by atoms with Gasteiger partial charge in [0.25, 0.3) is 0 Å². The lowest BCUT2D eigenvalue weighted by molar-refractivity contribution is 0.669. The Morgan fingerprint density at radius 2 is 1.36 bits per heavy atom. The molecule has 3 nitrogen and oxygen atoms in total. The summed E-state index contributed by atoms with van der Waals surface area (Å²) in [5.41, 5.74) is 5.20. The number of hydrogen-bond donors (Lipinski definition) is 0. The van der Waals surface area contributed by atoms with Gasteiger partial charge in [0, 0.05) is 41.7 Å². The third-order valence-corrected chi connectivity index (χ3v) is 9.46. The van der Waals surface area contributed by atoms with Crippen LogP contribution in [0.4, 0.5) is 0 Å². The summed E-state index contributed by atoms with van der Waals surface area (Å²) in [6.45, 7) is 0. The first-order chi connectivity index (χ1) is 17.8. The van der Waals surface area contributed by atoms with Crippen LogP contribution in [0.15, 0.2) is 101 Å². The molecule has 0 spiro atoms. The highest BCUT2D eigenvalue weighted by Gasteiger charge is 2.20. The van der Waals surface area contributed by atoms with E-state index >= 15 is 0 Å². The molecule has 168 valence electrons. The Labute approximate surface area is 212 Å². The van der Waals surface area contributed by atoms with E-state index in [0.29, 0.717) is 0 Å². The number of fused-ring (bicyclic) bond motifs is 12. The zero-order valence-electron chi connectivity index (χ0n) is 18.9. The van der Waals surface area contributed by atoms with E-state index in [9.17, 15) is 0 Å². The standard InChI is InChI=1S/C31H16N2OS2/c1-4-10-21-17(7-1)27-22(14-16-26-29(27)19-9-3-6-12-25(19)35-26)33(21)31-32-20-13-15-24-28(30(20)36-31)18-8-2-5-11-23(18)34-24/h1-16H. The zero-order valence-corrected chi connectivity index (χ0v) is 20.5. The smallest absolute Gasteiger partial charge is 0.195 e. The van der Waals surface area contributed by atoms with E-state index in [1.165, 1.54) is 46.7 Å². The largest absolute Gasteiger partial charge is 0.456 e. The fourth-order valence-electron chi connectivity index (χ4n) is 5.76. The summed E-state index contributed by atoms with van der Waals surface area (Å²) < 4.78 is 12.3. The number of benzene rings is 5. The van der Waals surface area contributed by atoms with Crippen molar-refractivity contribution in [2.75, 3.05) is 0 Å².